The summed E-state index contributed by atoms with van der Waals surface area (Å²) in [6.45, 7) is 2.53. The van der Waals surface area contributed by atoms with E-state index in [2.05, 4.69) is 0 Å². The van der Waals surface area contributed by atoms with Crippen LogP contribution in [0.15, 0.2) is 54.6 Å². The first kappa shape index (κ1) is 15.3. The van der Waals surface area contributed by atoms with Crippen LogP contribution in [0.4, 0.5) is 0 Å². The molecule has 0 bridgehead atoms. The van der Waals surface area contributed by atoms with Gasteiger partial charge in [0.25, 0.3) is 5.91 Å². The van der Waals surface area contributed by atoms with Gasteiger partial charge in [0.15, 0.2) is 0 Å². The molecule has 4 heteroatoms. The van der Waals surface area contributed by atoms with Crippen LogP contribution in [0.1, 0.15) is 46.8 Å². The van der Waals surface area contributed by atoms with Gasteiger partial charge in [0.05, 0.1) is 6.04 Å². The minimum atomic E-state index is -0.903. The largest absolute Gasteiger partial charge is 0.481 e. The number of rotatable bonds is 4. The van der Waals surface area contributed by atoms with Crippen LogP contribution in [0.5, 0.6) is 0 Å². The fourth-order valence-electron chi connectivity index (χ4n) is 3.37. The van der Waals surface area contributed by atoms with Gasteiger partial charge in [-0.1, -0.05) is 55.5 Å². The molecule has 0 fully saturated rings. The maximum Gasteiger partial charge on any atom is 0.313 e. The number of nitrogens with zero attached hydrogens (tertiary/aromatic N) is 1. The molecule has 2 aromatic carbocycles. The van der Waals surface area contributed by atoms with E-state index in [9.17, 15) is 14.7 Å². The number of benzene rings is 2. The summed E-state index contributed by atoms with van der Waals surface area (Å²) in [5.41, 5.74) is 1.96. The van der Waals surface area contributed by atoms with Crippen molar-refractivity contribution in [3.8, 4) is 0 Å². The van der Waals surface area contributed by atoms with Crippen molar-refractivity contribution in [2.75, 3.05) is 6.54 Å². The Kier molecular flexibility index (Phi) is 4.15. The third-order valence-corrected chi connectivity index (χ3v) is 4.31. The van der Waals surface area contributed by atoms with E-state index in [1.807, 2.05) is 37.3 Å². The molecular formula is C19H19NO3. The highest BCUT2D eigenvalue weighted by Crippen LogP contribution is 2.42. The van der Waals surface area contributed by atoms with Crippen molar-refractivity contribution in [1.82, 2.24) is 4.90 Å². The van der Waals surface area contributed by atoms with Crippen LogP contribution in [-0.2, 0) is 4.79 Å². The van der Waals surface area contributed by atoms with E-state index in [4.69, 9.17) is 0 Å². The highest BCUT2D eigenvalue weighted by Gasteiger charge is 2.43. The lowest BCUT2D eigenvalue weighted by Gasteiger charge is -2.40. The molecule has 1 N–H and O–H groups in total. The van der Waals surface area contributed by atoms with Crippen LogP contribution in [0.3, 0.4) is 0 Å². The molecule has 118 valence electrons. The molecule has 2 aromatic rings. The van der Waals surface area contributed by atoms with Crippen LogP contribution < -0.4 is 0 Å². The first-order valence-electron chi connectivity index (χ1n) is 7.82. The fourth-order valence-corrected chi connectivity index (χ4v) is 3.37. The molecule has 1 aliphatic heterocycles. The van der Waals surface area contributed by atoms with Crippen molar-refractivity contribution in [2.24, 2.45) is 0 Å². The summed E-state index contributed by atoms with van der Waals surface area (Å²) >= 11 is 0. The van der Waals surface area contributed by atoms with Crippen molar-refractivity contribution in [1.29, 1.82) is 0 Å². The third kappa shape index (κ3) is 2.61. The molecule has 2 atom stereocenters. The first-order chi connectivity index (χ1) is 11.1. The van der Waals surface area contributed by atoms with Crippen LogP contribution in [-0.4, -0.2) is 28.4 Å². The zero-order chi connectivity index (χ0) is 16.4. The summed E-state index contributed by atoms with van der Waals surface area (Å²) in [7, 11) is 0. The van der Waals surface area contributed by atoms with Gasteiger partial charge in [-0.2, -0.15) is 0 Å². The lowest BCUT2D eigenvalue weighted by molar-refractivity contribution is -0.140. The quantitative estimate of drug-likeness (QED) is 0.941. The summed E-state index contributed by atoms with van der Waals surface area (Å²) in [4.78, 5) is 26.6. The molecule has 0 saturated heterocycles. The predicted octanol–water partition coefficient (Wildman–Crippen LogP) is 3.46. The Morgan fingerprint density at radius 2 is 1.74 bits per heavy atom. The number of aliphatic carboxylic acids is 1. The lowest BCUT2D eigenvalue weighted by Crippen LogP contribution is -2.45. The van der Waals surface area contributed by atoms with Crippen molar-refractivity contribution in [2.45, 2.75) is 25.3 Å². The highest BCUT2D eigenvalue weighted by molar-refractivity contribution is 6.00. The first-order valence-corrected chi connectivity index (χ1v) is 7.82. The summed E-state index contributed by atoms with van der Waals surface area (Å²) in [6, 6.07) is 16.0. The minimum Gasteiger partial charge on any atom is -0.481 e. The molecule has 0 spiro atoms. The van der Waals surface area contributed by atoms with Crippen LogP contribution in [0, 0.1) is 0 Å². The minimum absolute atomic E-state index is 0.0891. The zero-order valence-electron chi connectivity index (χ0n) is 13.0. The topological polar surface area (TPSA) is 57.6 Å². The van der Waals surface area contributed by atoms with Crippen molar-refractivity contribution < 1.29 is 14.7 Å². The van der Waals surface area contributed by atoms with Crippen LogP contribution in [0.2, 0.25) is 0 Å². The predicted molar refractivity (Wildman–Crippen MR) is 87.3 cm³/mol. The molecule has 0 aliphatic carbocycles. The van der Waals surface area contributed by atoms with Gasteiger partial charge in [0, 0.05) is 12.1 Å². The summed E-state index contributed by atoms with van der Waals surface area (Å²) in [5, 5.41) is 9.85. The van der Waals surface area contributed by atoms with E-state index in [0.717, 1.165) is 12.0 Å². The molecular weight excluding hydrogens is 290 g/mol. The number of carboxylic acid groups (broad SMARTS) is 1. The van der Waals surface area contributed by atoms with Crippen molar-refractivity contribution in [3.05, 3.63) is 71.3 Å². The number of hydrogen-bond donors (Lipinski definition) is 1. The van der Waals surface area contributed by atoms with Gasteiger partial charge in [-0.05, 0) is 23.6 Å². The van der Waals surface area contributed by atoms with Gasteiger partial charge in [-0.15, -0.1) is 0 Å². The van der Waals surface area contributed by atoms with Crippen molar-refractivity contribution >= 4 is 11.9 Å². The van der Waals surface area contributed by atoms with Gasteiger partial charge in [-0.3, -0.25) is 9.59 Å². The summed E-state index contributed by atoms with van der Waals surface area (Å²) < 4.78 is 0. The van der Waals surface area contributed by atoms with Gasteiger partial charge < -0.3 is 10.0 Å². The standard InChI is InChI=1S/C19H19NO3/c1-2-12-20-17(13-8-4-3-5-9-13)16(19(22)23)14-10-6-7-11-15(14)18(20)21/h3-11,16-17H,2,12H2,1H3,(H,22,23)/t16-,17-/m0/s1. The Bertz CT molecular complexity index is 726. The van der Waals surface area contributed by atoms with Crippen LogP contribution in [0.25, 0.3) is 0 Å². The molecule has 0 unspecified atom stereocenters. The van der Waals surface area contributed by atoms with E-state index in [0.29, 0.717) is 17.7 Å². The van der Waals surface area contributed by atoms with Gasteiger partial charge >= 0.3 is 5.97 Å². The Labute approximate surface area is 135 Å². The maximum absolute atomic E-state index is 12.9. The highest BCUT2D eigenvalue weighted by atomic mass is 16.4. The smallest absolute Gasteiger partial charge is 0.313 e. The summed E-state index contributed by atoms with van der Waals surface area (Å²) in [5.74, 6) is -1.74. The van der Waals surface area contributed by atoms with Crippen LogP contribution >= 0.6 is 0 Å². The Hall–Kier alpha value is -2.62. The van der Waals surface area contributed by atoms with Gasteiger partial charge in [-0.25, -0.2) is 0 Å². The fraction of sp³-hybridized carbons (Fsp3) is 0.263. The van der Waals surface area contributed by atoms with E-state index in [1.54, 1.807) is 29.2 Å². The van der Waals surface area contributed by atoms with Gasteiger partial charge in [0.1, 0.15) is 5.92 Å². The van der Waals surface area contributed by atoms with Crippen molar-refractivity contribution in [3.63, 3.8) is 0 Å². The maximum atomic E-state index is 12.9. The third-order valence-electron chi connectivity index (χ3n) is 4.31. The molecule has 23 heavy (non-hydrogen) atoms. The number of carboxylic acids is 1. The van der Waals surface area contributed by atoms with E-state index in [-0.39, 0.29) is 5.91 Å². The molecule has 3 rings (SSSR count). The second-order valence-electron chi connectivity index (χ2n) is 5.76. The molecule has 0 radical (unpaired) electrons. The molecule has 1 amide bonds. The molecule has 0 saturated carbocycles. The number of fused-ring (bicyclic) bond motifs is 1. The van der Waals surface area contributed by atoms with E-state index < -0.39 is 17.9 Å². The second-order valence-corrected chi connectivity index (χ2v) is 5.76. The monoisotopic (exact) mass is 309 g/mol. The number of hydrogen-bond acceptors (Lipinski definition) is 2. The Balaban J connectivity index is 2.20. The Morgan fingerprint density at radius 1 is 1.09 bits per heavy atom. The SMILES string of the molecule is CCCN1C(=O)c2ccccc2[C@H](C(=O)O)[C@@H]1c1ccccc1. The Morgan fingerprint density at radius 3 is 2.39 bits per heavy atom. The van der Waals surface area contributed by atoms with E-state index in [1.165, 1.54) is 0 Å². The van der Waals surface area contributed by atoms with Gasteiger partial charge in [0.2, 0.25) is 0 Å². The summed E-state index contributed by atoms with van der Waals surface area (Å²) in [6.07, 6.45) is 0.781. The second kappa shape index (κ2) is 6.24. The molecule has 1 heterocycles. The average Bonchev–Trinajstić information content (AvgIpc) is 2.57. The van der Waals surface area contributed by atoms with E-state index >= 15 is 0 Å². The molecule has 0 aromatic heterocycles. The average molecular weight is 309 g/mol. The molecule has 4 nitrogen and oxygen atoms in total. The normalized spacial score (nSPS) is 20.2. The number of carbonyl (C=O) groups excluding carboxylic acids is 1. The zero-order valence-corrected chi connectivity index (χ0v) is 13.0. The number of carbonyl (C=O) groups is 2. The molecule has 1 aliphatic rings. The number of amides is 1. The lowest BCUT2D eigenvalue weighted by atomic mass is 9.79.